The average Bonchev–Trinajstić information content (AvgIpc) is 3.91. The van der Waals surface area contributed by atoms with Gasteiger partial charge in [-0.25, -0.2) is 4.68 Å². The summed E-state index contributed by atoms with van der Waals surface area (Å²) in [6, 6.07) is 60.0. The van der Waals surface area contributed by atoms with Crippen molar-refractivity contribution in [3.05, 3.63) is 175 Å². The van der Waals surface area contributed by atoms with Gasteiger partial charge in [0, 0.05) is 44.0 Å². The van der Waals surface area contributed by atoms with Gasteiger partial charge in [-0.3, -0.25) is 0 Å². The van der Waals surface area contributed by atoms with Gasteiger partial charge in [0.2, 0.25) is 0 Å². The smallest absolute Gasteiger partial charge is 0.121 e. The van der Waals surface area contributed by atoms with Crippen molar-refractivity contribution < 1.29 is 0 Å². The van der Waals surface area contributed by atoms with Crippen molar-refractivity contribution in [2.45, 2.75) is 0 Å². The van der Waals surface area contributed by atoms with Crippen LogP contribution in [0, 0.1) is 22.7 Å². The topological polar surface area (TPSA) is 88.2 Å². The van der Waals surface area contributed by atoms with Crippen LogP contribution in [-0.2, 0) is 0 Å². The largest absolute Gasteiger partial charge is 0.309 e. The van der Waals surface area contributed by atoms with Gasteiger partial charge in [-0.1, -0.05) is 84.1 Å². The first-order chi connectivity index (χ1) is 26.2. The third-order valence-electron chi connectivity index (χ3n) is 10.1. The number of rotatable bonds is 5. The first-order valence-electron chi connectivity index (χ1n) is 17.3. The van der Waals surface area contributed by atoms with Gasteiger partial charge >= 0.3 is 0 Å². The highest BCUT2D eigenvalue weighted by molar-refractivity contribution is 6.11. The summed E-state index contributed by atoms with van der Waals surface area (Å²) in [6.07, 6.45) is 0. The summed E-state index contributed by atoms with van der Waals surface area (Å²) in [6.45, 7) is 0. The molecular weight excluding hydrogens is 651 g/mol. The second-order valence-electron chi connectivity index (χ2n) is 13.0. The summed E-state index contributed by atoms with van der Waals surface area (Å²) >= 11 is 0. The molecule has 7 heteroatoms. The quantitative estimate of drug-likeness (QED) is 0.181. The molecule has 10 rings (SSSR count). The Kier molecular flexibility index (Phi) is 6.79. The first-order valence-corrected chi connectivity index (χ1v) is 17.3. The zero-order chi connectivity index (χ0) is 35.5. The van der Waals surface area contributed by atoms with Crippen molar-refractivity contribution in [1.82, 2.24) is 24.1 Å². The number of fused-ring (bicyclic) bond motifs is 6. The fraction of sp³-hybridized carbons (Fsp3) is 0. The molecule has 0 N–H and O–H groups in total. The van der Waals surface area contributed by atoms with Crippen LogP contribution < -0.4 is 0 Å². The van der Waals surface area contributed by atoms with Gasteiger partial charge in [-0.2, -0.15) is 10.5 Å². The van der Waals surface area contributed by atoms with E-state index in [1.54, 1.807) is 28.9 Å². The van der Waals surface area contributed by atoms with Gasteiger partial charge in [0.05, 0.1) is 51.0 Å². The molecule has 0 fully saturated rings. The number of hydrogen-bond acceptors (Lipinski definition) is 4. The fourth-order valence-electron chi connectivity index (χ4n) is 7.67. The molecule has 0 aliphatic carbocycles. The van der Waals surface area contributed by atoms with E-state index in [9.17, 15) is 10.5 Å². The fourth-order valence-corrected chi connectivity index (χ4v) is 7.67. The zero-order valence-electron chi connectivity index (χ0n) is 28.2. The molecule has 246 valence electrons. The standard InChI is InChI=1S/C46H27N7/c47-28-30-16-20-32(21-17-30)46-45(49-50-53(46)34-23-18-31(29-48)19-24-34)33-22-25-44-40(26-33)39-12-3-6-15-43(39)52(44)36-9-7-8-35(27-36)51-41-13-4-1-10-37(41)38-11-2-5-14-42(38)51/h1-27H. The molecule has 7 aromatic carbocycles. The van der Waals surface area contributed by atoms with E-state index < -0.39 is 0 Å². The second kappa shape index (κ2) is 11.9. The van der Waals surface area contributed by atoms with E-state index in [0.29, 0.717) is 16.8 Å². The summed E-state index contributed by atoms with van der Waals surface area (Å²) in [5, 5.41) is 32.9. The molecule has 0 aliphatic rings. The lowest BCUT2D eigenvalue weighted by Gasteiger charge is -2.13. The van der Waals surface area contributed by atoms with Crippen LogP contribution in [0.3, 0.4) is 0 Å². The van der Waals surface area contributed by atoms with E-state index in [1.807, 2.05) is 24.3 Å². The van der Waals surface area contributed by atoms with Crippen LogP contribution in [0.15, 0.2) is 164 Å². The van der Waals surface area contributed by atoms with Gasteiger partial charge in [0.1, 0.15) is 11.4 Å². The van der Waals surface area contributed by atoms with Crippen LogP contribution in [0.5, 0.6) is 0 Å². The van der Waals surface area contributed by atoms with Gasteiger partial charge < -0.3 is 9.13 Å². The predicted octanol–water partition coefficient (Wildman–Crippen LogP) is 10.5. The second-order valence-corrected chi connectivity index (χ2v) is 13.0. The Labute approximate surface area is 304 Å². The summed E-state index contributed by atoms with van der Waals surface area (Å²) in [7, 11) is 0. The maximum absolute atomic E-state index is 9.48. The highest BCUT2D eigenvalue weighted by Crippen LogP contribution is 2.39. The number of nitrogens with zero attached hydrogens (tertiary/aromatic N) is 7. The molecule has 0 bridgehead atoms. The van der Waals surface area contributed by atoms with Crippen LogP contribution >= 0.6 is 0 Å². The Bertz CT molecular complexity index is 3070. The molecule has 7 nitrogen and oxygen atoms in total. The predicted molar refractivity (Wildman–Crippen MR) is 210 cm³/mol. The monoisotopic (exact) mass is 677 g/mol. The van der Waals surface area contributed by atoms with E-state index in [2.05, 4.69) is 142 Å². The highest BCUT2D eigenvalue weighted by atomic mass is 15.4. The first kappa shape index (κ1) is 30.1. The van der Waals surface area contributed by atoms with Gasteiger partial charge in [-0.05, 0) is 84.9 Å². The lowest BCUT2D eigenvalue weighted by molar-refractivity contribution is 0.808. The van der Waals surface area contributed by atoms with E-state index in [1.165, 1.54) is 21.8 Å². The molecule has 3 heterocycles. The van der Waals surface area contributed by atoms with Crippen LogP contribution in [0.25, 0.3) is 83.2 Å². The number of benzene rings is 7. The van der Waals surface area contributed by atoms with Crippen molar-refractivity contribution in [2.75, 3.05) is 0 Å². The molecule has 0 aliphatic heterocycles. The van der Waals surface area contributed by atoms with Crippen molar-refractivity contribution in [3.8, 4) is 51.7 Å². The van der Waals surface area contributed by atoms with Crippen molar-refractivity contribution in [2.24, 2.45) is 0 Å². The third-order valence-corrected chi connectivity index (χ3v) is 10.1. The van der Waals surface area contributed by atoms with Crippen LogP contribution in [0.1, 0.15) is 11.1 Å². The molecule has 0 amide bonds. The lowest BCUT2D eigenvalue weighted by atomic mass is 10.0. The van der Waals surface area contributed by atoms with Crippen molar-refractivity contribution in [1.29, 1.82) is 10.5 Å². The molecule has 0 unspecified atom stereocenters. The Balaban J connectivity index is 1.16. The molecule has 0 spiro atoms. The maximum Gasteiger partial charge on any atom is 0.121 e. The van der Waals surface area contributed by atoms with Crippen LogP contribution in [-0.4, -0.2) is 24.1 Å². The Morgan fingerprint density at radius 2 is 0.906 bits per heavy atom. The van der Waals surface area contributed by atoms with Crippen LogP contribution in [0.4, 0.5) is 0 Å². The van der Waals surface area contributed by atoms with Crippen LogP contribution in [0.2, 0.25) is 0 Å². The van der Waals surface area contributed by atoms with Gasteiger partial charge in [0.25, 0.3) is 0 Å². The van der Waals surface area contributed by atoms with E-state index >= 15 is 0 Å². The molecule has 0 saturated carbocycles. The summed E-state index contributed by atoms with van der Waals surface area (Å²) < 4.78 is 6.48. The third kappa shape index (κ3) is 4.73. The number of hydrogen-bond donors (Lipinski definition) is 0. The SMILES string of the molecule is N#Cc1ccc(-c2c(-c3ccc4c(c3)c3ccccc3n4-c3cccc(-n4c5ccccc5c5ccccc54)c3)nnn2-c2ccc(C#N)cc2)cc1. The molecule has 0 atom stereocenters. The maximum atomic E-state index is 9.48. The number of nitriles is 2. The van der Waals surface area contributed by atoms with E-state index in [0.717, 1.165) is 55.7 Å². The normalized spacial score (nSPS) is 11.4. The number of aromatic nitrogens is 5. The van der Waals surface area contributed by atoms with Gasteiger partial charge in [0.15, 0.2) is 0 Å². The molecule has 0 saturated heterocycles. The summed E-state index contributed by atoms with van der Waals surface area (Å²) in [5.74, 6) is 0. The minimum Gasteiger partial charge on any atom is -0.309 e. The molecule has 0 radical (unpaired) electrons. The van der Waals surface area contributed by atoms with E-state index in [4.69, 9.17) is 5.10 Å². The molecular formula is C46H27N7. The zero-order valence-corrected chi connectivity index (χ0v) is 28.2. The summed E-state index contributed by atoms with van der Waals surface area (Å²) in [4.78, 5) is 0. The Morgan fingerprint density at radius 3 is 1.47 bits per heavy atom. The molecule has 53 heavy (non-hydrogen) atoms. The average molecular weight is 678 g/mol. The summed E-state index contributed by atoms with van der Waals surface area (Å²) in [5.41, 5.74) is 11.9. The van der Waals surface area contributed by atoms with Crippen molar-refractivity contribution >= 4 is 43.6 Å². The Morgan fingerprint density at radius 1 is 0.415 bits per heavy atom. The van der Waals surface area contributed by atoms with Gasteiger partial charge in [-0.15, -0.1) is 5.10 Å². The highest BCUT2D eigenvalue weighted by Gasteiger charge is 2.21. The molecule has 10 aromatic rings. The number of para-hydroxylation sites is 3. The molecule has 3 aromatic heterocycles. The Hall–Kier alpha value is -7.74. The van der Waals surface area contributed by atoms with E-state index in [-0.39, 0.29) is 0 Å². The minimum atomic E-state index is 0.566. The lowest BCUT2D eigenvalue weighted by Crippen LogP contribution is -2.00. The minimum absolute atomic E-state index is 0.566. The van der Waals surface area contributed by atoms with Crippen molar-refractivity contribution in [3.63, 3.8) is 0 Å².